The lowest BCUT2D eigenvalue weighted by atomic mass is 9.94. The Morgan fingerprint density at radius 1 is 1.38 bits per heavy atom. The maximum Gasteiger partial charge on any atom is 0.251 e. The van der Waals surface area contributed by atoms with Crippen molar-refractivity contribution in [3.8, 4) is 0 Å². The number of H-pyrrole nitrogens is 1. The van der Waals surface area contributed by atoms with Crippen molar-refractivity contribution in [1.29, 1.82) is 0 Å². The highest BCUT2D eigenvalue weighted by Gasteiger charge is 2.24. The highest BCUT2D eigenvalue weighted by molar-refractivity contribution is 6.02. The Bertz CT molecular complexity index is 842. The molecule has 26 heavy (non-hydrogen) atoms. The molecule has 0 saturated carbocycles. The molecular weight excluding hydrogens is 328 g/mol. The fraction of sp³-hybridized carbons (Fsp3) is 0.500. The van der Waals surface area contributed by atoms with Crippen molar-refractivity contribution in [2.45, 2.75) is 25.7 Å². The van der Waals surface area contributed by atoms with Gasteiger partial charge >= 0.3 is 0 Å². The van der Waals surface area contributed by atoms with E-state index < -0.39 is 0 Å². The number of nitrogens with one attached hydrogen (secondary N) is 3. The molecule has 0 spiro atoms. The topological polar surface area (TPSA) is 77.2 Å². The van der Waals surface area contributed by atoms with E-state index in [2.05, 4.69) is 27.6 Å². The first-order valence-corrected chi connectivity index (χ1v) is 9.50. The summed E-state index contributed by atoms with van der Waals surface area (Å²) in [5.41, 5.74) is 4.14. The summed E-state index contributed by atoms with van der Waals surface area (Å²) in [7, 11) is 2.07. The smallest absolute Gasteiger partial charge is 0.251 e. The number of hydrogen-bond donors (Lipinski definition) is 3. The fourth-order valence-electron chi connectivity index (χ4n) is 4.28. The summed E-state index contributed by atoms with van der Waals surface area (Å²) in [5.74, 6) is 0.279. The predicted molar refractivity (Wildman–Crippen MR) is 101 cm³/mol. The van der Waals surface area contributed by atoms with E-state index in [1.165, 1.54) is 5.56 Å². The molecule has 6 nitrogen and oxygen atoms in total. The molecule has 2 amide bonds. The second-order valence-electron chi connectivity index (χ2n) is 7.48. The molecule has 1 aromatic carbocycles. The third-order valence-corrected chi connectivity index (χ3v) is 5.63. The monoisotopic (exact) mass is 354 g/mol. The van der Waals surface area contributed by atoms with Gasteiger partial charge in [0.05, 0.1) is 5.92 Å². The van der Waals surface area contributed by atoms with Crippen LogP contribution in [0.3, 0.4) is 0 Å². The van der Waals surface area contributed by atoms with Crippen LogP contribution in [0.4, 0.5) is 0 Å². The standard InChI is InChI=1S/C20H26N4O2/c1-24-10-2-3-14(12-24)19(25)21-8-6-13-11-23-17-5-4-16-15(18(13)17)7-9-22-20(16)26/h4-5,11,14,23H,2-3,6-10,12H2,1H3,(H,21,25)(H,22,26)/t14-/m1/s1. The van der Waals surface area contributed by atoms with Crippen LogP contribution in [-0.2, 0) is 17.6 Å². The van der Waals surface area contributed by atoms with E-state index in [-0.39, 0.29) is 17.7 Å². The van der Waals surface area contributed by atoms with Crippen LogP contribution in [0.1, 0.15) is 34.3 Å². The molecule has 2 aliphatic rings. The van der Waals surface area contributed by atoms with E-state index in [0.29, 0.717) is 13.1 Å². The van der Waals surface area contributed by atoms with E-state index in [4.69, 9.17) is 0 Å². The first-order chi connectivity index (χ1) is 12.6. The average Bonchev–Trinajstić information content (AvgIpc) is 3.05. The van der Waals surface area contributed by atoms with Gasteiger partial charge in [0.15, 0.2) is 0 Å². The Kier molecular flexibility index (Phi) is 4.68. The van der Waals surface area contributed by atoms with Gasteiger partial charge in [-0.25, -0.2) is 0 Å². The molecule has 1 aromatic heterocycles. The minimum Gasteiger partial charge on any atom is -0.361 e. The summed E-state index contributed by atoms with van der Waals surface area (Å²) in [6, 6.07) is 3.87. The van der Waals surface area contributed by atoms with Crippen molar-refractivity contribution in [3.63, 3.8) is 0 Å². The Morgan fingerprint density at radius 2 is 2.27 bits per heavy atom. The van der Waals surface area contributed by atoms with Gasteiger partial charge in [-0.15, -0.1) is 0 Å². The van der Waals surface area contributed by atoms with E-state index in [1.54, 1.807) is 0 Å². The number of amides is 2. The molecule has 0 bridgehead atoms. The number of rotatable bonds is 4. The summed E-state index contributed by atoms with van der Waals surface area (Å²) in [4.78, 5) is 30.0. The second kappa shape index (κ2) is 7.11. The van der Waals surface area contributed by atoms with Gasteiger partial charge in [-0.2, -0.15) is 0 Å². The number of carbonyl (C=O) groups is 2. The van der Waals surface area contributed by atoms with Crippen molar-refractivity contribution >= 4 is 22.7 Å². The minimum atomic E-state index is 0.00928. The van der Waals surface area contributed by atoms with Crippen molar-refractivity contribution < 1.29 is 9.59 Å². The Morgan fingerprint density at radius 3 is 3.12 bits per heavy atom. The zero-order valence-electron chi connectivity index (χ0n) is 15.2. The predicted octanol–water partition coefficient (Wildman–Crippen LogP) is 1.45. The lowest BCUT2D eigenvalue weighted by molar-refractivity contribution is -0.126. The SMILES string of the molecule is CN1CCC[C@@H](C(=O)NCCc2c[nH]c3ccc4c(c23)CCNC4=O)C1. The summed E-state index contributed by atoms with van der Waals surface area (Å²) < 4.78 is 0. The maximum atomic E-state index is 12.4. The molecular formula is C20H26N4O2. The zero-order chi connectivity index (χ0) is 18.1. The number of fused-ring (bicyclic) bond motifs is 3. The number of carbonyl (C=O) groups excluding carboxylic acids is 2. The number of aromatic amines is 1. The van der Waals surface area contributed by atoms with E-state index in [0.717, 1.165) is 60.8 Å². The number of hydrogen-bond acceptors (Lipinski definition) is 3. The van der Waals surface area contributed by atoms with Crippen LogP contribution in [0.2, 0.25) is 0 Å². The number of piperidine rings is 1. The van der Waals surface area contributed by atoms with E-state index in [9.17, 15) is 9.59 Å². The van der Waals surface area contributed by atoms with Gasteiger partial charge in [0.2, 0.25) is 5.91 Å². The molecule has 138 valence electrons. The van der Waals surface area contributed by atoms with Gasteiger partial charge in [-0.1, -0.05) is 0 Å². The first-order valence-electron chi connectivity index (χ1n) is 9.50. The third kappa shape index (κ3) is 3.21. The molecule has 0 radical (unpaired) electrons. The van der Waals surface area contributed by atoms with Crippen LogP contribution in [-0.4, -0.2) is 54.9 Å². The molecule has 0 aliphatic carbocycles. The lowest BCUT2D eigenvalue weighted by Gasteiger charge is -2.28. The van der Waals surface area contributed by atoms with Crippen molar-refractivity contribution in [2.24, 2.45) is 5.92 Å². The summed E-state index contributed by atoms with van der Waals surface area (Å²) in [6.07, 6.45) is 5.70. The van der Waals surface area contributed by atoms with E-state index >= 15 is 0 Å². The Balaban J connectivity index is 1.45. The summed E-state index contributed by atoms with van der Waals surface area (Å²) in [6.45, 7) is 3.24. The van der Waals surface area contributed by atoms with Gasteiger partial charge in [0.25, 0.3) is 5.91 Å². The largest absolute Gasteiger partial charge is 0.361 e. The van der Waals surface area contributed by atoms with E-state index in [1.807, 2.05) is 18.3 Å². The van der Waals surface area contributed by atoms with Gasteiger partial charge < -0.3 is 20.5 Å². The molecule has 2 aromatic rings. The molecule has 1 fully saturated rings. The lowest BCUT2D eigenvalue weighted by Crippen LogP contribution is -2.41. The average molecular weight is 354 g/mol. The van der Waals surface area contributed by atoms with Crippen molar-refractivity contribution in [1.82, 2.24) is 20.5 Å². The normalized spacial score (nSPS) is 20.7. The van der Waals surface area contributed by atoms with Crippen LogP contribution in [0.15, 0.2) is 18.3 Å². The maximum absolute atomic E-state index is 12.4. The molecule has 3 heterocycles. The van der Waals surface area contributed by atoms with Gasteiger partial charge in [0.1, 0.15) is 0 Å². The third-order valence-electron chi connectivity index (χ3n) is 5.63. The number of aromatic nitrogens is 1. The highest BCUT2D eigenvalue weighted by atomic mass is 16.2. The van der Waals surface area contributed by atoms with Crippen LogP contribution >= 0.6 is 0 Å². The van der Waals surface area contributed by atoms with Crippen LogP contribution < -0.4 is 10.6 Å². The molecule has 3 N–H and O–H groups in total. The number of likely N-dealkylation sites (tertiary alicyclic amines) is 1. The van der Waals surface area contributed by atoms with Crippen LogP contribution in [0.25, 0.3) is 10.9 Å². The quantitative estimate of drug-likeness (QED) is 0.778. The fourth-order valence-corrected chi connectivity index (χ4v) is 4.28. The van der Waals surface area contributed by atoms with Gasteiger partial charge in [-0.05, 0) is 62.5 Å². The number of nitrogens with zero attached hydrogens (tertiary/aromatic N) is 1. The van der Waals surface area contributed by atoms with Crippen molar-refractivity contribution in [3.05, 3.63) is 35.0 Å². The zero-order valence-corrected chi connectivity index (χ0v) is 15.2. The van der Waals surface area contributed by atoms with Gasteiger partial charge in [-0.3, -0.25) is 9.59 Å². The molecule has 4 rings (SSSR count). The molecule has 2 aliphatic heterocycles. The first kappa shape index (κ1) is 17.1. The summed E-state index contributed by atoms with van der Waals surface area (Å²) >= 11 is 0. The second-order valence-corrected chi connectivity index (χ2v) is 7.48. The van der Waals surface area contributed by atoms with Crippen LogP contribution in [0.5, 0.6) is 0 Å². The summed E-state index contributed by atoms with van der Waals surface area (Å²) in [5, 5.41) is 7.16. The van der Waals surface area contributed by atoms with Crippen LogP contribution in [0, 0.1) is 5.92 Å². The molecule has 1 atom stereocenters. The van der Waals surface area contributed by atoms with Gasteiger partial charge in [0, 0.05) is 42.3 Å². The number of benzene rings is 1. The molecule has 1 saturated heterocycles. The molecule has 0 unspecified atom stereocenters. The highest BCUT2D eigenvalue weighted by Crippen LogP contribution is 2.28. The molecule has 6 heteroatoms. The Hall–Kier alpha value is -2.34. The minimum absolute atomic E-state index is 0.00928. The van der Waals surface area contributed by atoms with Crippen molar-refractivity contribution in [2.75, 3.05) is 33.2 Å². The Labute approximate surface area is 153 Å².